The molecule has 0 amide bonds. The SMILES string of the molecule is CC(C)NCc1cccc(SCC=CCl)c1. The minimum Gasteiger partial charge on any atom is -0.310 e. The van der Waals surface area contributed by atoms with Crippen LogP contribution in [0.15, 0.2) is 40.8 Å². The van der Waals surface area contributed by atoms with Crippen molar-refractivity contribution in [2.75, 3.05) is 5.75 Å². The Kier molecular flexibility index (Phi) is 6.62. The molecule has 1 rings (SSSR count). The predicted molar refractivity (Wildman–Crippen MR) is 74.1 cm³/mol. The first-order valence-electron chi connectivity index (χ1n) is 5.42. The van der Waals surface area contributed by atoms with Gasteiger partial charge in [-0.3, -0.25) is 0 Å². The zero-order valence-corrected chi connectivity index (χ0v) is 11.3. The monoisotopic (exact) mass is 255 g/mol. The van der Waals surface area contributed by atoms with Crippen molar-refractivity contribution < 1.29 is 0 Å². The van der Waals surface area contributed by atoms with Crippen molar-refractivity contribution >= 4 is 23.4 Å². The summed E-state index contributed by atoms with van der Waals surface area (Å²) in [6.07, 6.45) is 1.95. The lowest BCUT2D eigenvalue weighted by Crippen LogP contribution is -2.21. The molecule has 0 aliphatic carbocycles. The summed E-state index contributed by atoms with van der Waals surface area (Å²) in [5, 5.41) is 3.41. The normalized spacial score (nSPS) is 11.5. The average Bonchev–Trinajstić information content (AvgIpc) is 2.27. The van der Waals surface area contributed by atoms with Crippen LogP contribution in [-0.2, 0) is 6.54 Å². The van der Waals surface area contributed by atoms with Gasteiger partial charge in [0, 0.05) is 28.8 Å². The number of hydrogen-bond donors (Lipinski definition) is 1. The van der Waals surface area contributed by atoms with Crippen LogP contribution in [0.3, 0.4) is 0 Å². The molecule has 0 aromatic heterocycles. The molecule has 0 unspecified atom stereocenters. The van der Waals surface area contributed by atoms with Crippen LogP contribution < -0.4 is 5.32 Å². The molecule has 3 heteroatoms. The Hall–Kier alpha value is -0.440. The van der Waals surface area contributed by atoms with Gasteiger partial charge in [0.25, 0.3) is 0 Å². The Bertz CT molecular complexity index is 336. The van der Waals surface area contributed by atoms with E-state index in [1.165, 1.54) is 10.5 Å². The highest BCUT2D eigenvalue weighted by molar-refractivity contribution is 7.99. The maximum atomic E-state index is 5.48. The van der Waals surface area contributed by atoms with Gasteiger partial charge in [-0.2, -0.15) is 0 Å². The Morgan fingerprint density at radius 2 is 2.25 bits per heavy atom. The molecule has 0 aliphatic heterocycles. The van der Waals surface area contributed by atoms with Gasteiger partial charge >= 0.3 is 0 Å². The molecule has 88 valence electrons. The van der Waals surface area contributed by atoms with Crippen LogP contribution >= 0.6 is 23.4 Å². The quantitative estimate of drug-likeness (QED) is 0.771. The van der Waals surface area contributed by atoms with Crippen LogP contribution in [-0.4, -0.2) is 11.8 Å². The van der Waals surface area contributed by atoms with Crippen LogP contribution in [0, 0.1) is 0 Å². The van der Waals surface area contributed by atoms with Gasteiger partial charge in [0.2, 0.25) is 0 Å². The maximum Gasteiger partial charge on any atom is 0.0208 e. The molecule has 1 aromatic rings. The van der Waals surface area contributed by atoms with Crippen LogP contribution in [0.2, 0.25) is 0 Å². The summed E-state index contributed by atoms with van der Waals surface area (Å²) in [5.74, 6) is 0.921. The van der Waals surface area contributed by atoms with E-state index in [9.17, 15) is 0 Å². The van der Waals surface area contributed by atoms with Crippen molar-refractivity contribution in [2.24, 2.45) is 0 Å². The topological polar surface area (TPSA) is 12.0 Å². The molecule has 1 nitrogen and oxygen atoms in total. The van der Waals surface area contributed by atoms with E-state index >= 15 is 0 Å². The Morgan fingerprint density at radius 1 is 1.44 bits per heavy atom. The first-order valence-corrected chi connectivity index (χ1v) is 6.85. The lowest BCUT2D eigenvalue weighted by atomic mass is 10.2. The number of nitrogens with one attached hydrogen (secondary N) is 1. The molecule has 0 aliphatic rings. The fourth-order valence-electron chi connectivity index (χ4n) is 1.25. The molecular weight excluding hydrogens is 238 g/mol. The zero-order valence-electron chi connectivity index (χ0n) is 9.74. The number of hydrogen-bond acceptors (Lipinski definition) is 2. The third-order valence-corrected chi connectivity index (χ3v) is 3.17. The summed E-state index contributed by atoms with van der Waals surface area (Å²) in [5.41, 5.74) is 2.89. The standard InChI is InChI=1S/C13H18ClNS/c1-11(2)15-10-12-5-3-6-13(9-12)16-8-4-7-14/h3-7,9,11,15H,8,10H2,1-2H3. The lowest BCUT2D eigenvalue weighted by molar-refractivity contribution is 0.588. The van der Waals surface area contributed by atoms with E-state index in [-0.39, 0.29) is 0 Å². The Balaban J connectivity index is 2.50. The summed E-state index contributed by atoms with van der Waals surface area (Å²) in [6, 6.07) is 9.13. The minimum atomic E-state index is 0.524. The lowest BCUT2D eigenvalue weighted by Gasteiger charge is -2.08. The maximum absolute atomic E-state index is 5.48. The zero-order chi connectivity index (χ0) is 11.8. The molecule has 0 saturated carbocycles. The summed E-state index contributed by atoms with van der Waals surface area (Å²) in [6.45, 7) is 5.24. The van der Waals surface area contributed by atoms with E-state index < -0.39 is 0 Å². The van der Waals surface area contributed by atoms with Crippen molar-refractivity contribution in [3.63, 3.8) is 0 Å². The molecule has 0 saturated heterocycles. The highest BCUT2D eigenvalue weighted by Crippen LogP contribution is 2.19. The van der Waals surface area contributed by atoms with Gasteiger partial charge in [-0.15, -0.1) is 11.8 Å². The number of rotatable bonds is 6. The second kappa shape index (κ2) is 7.77. The van der Waals surface area contributed by atoms with E-state index in [0.717, 1.165) is 12.3 Å². The van der Waals surface area contributed by atoms with Crippen LogP contribution in [0.25, 0.3) is 0 Å². The first kappa shape index (κ1) is 13.6. The summed E-state index contributed by atoms with van der Waals surface area (Å²) in [7, 11) is 0. The van der Waals surface area contributed by atoms with Gasteiger partial charge < -0.3 is 5.32 Å². The van der Waals surface area contributed by atoms with Crippen LogP contribution in [0.5, 0.6) is 0 Å². The summed E-state index contributed by atoms with van der Waals surface area (Å²) in [4.78, 5) is 1.29. The number of thioether (sulfide) groups is 1. The van der Waals surface area contributed by atoms with Crippen molar-refractivity contribution in [3.8, 4) is 0 Å². The molecule has 0 bridgehead atoms. The highest BCUT2D eigenvalue weighted by Gasteiger charge is 1.97. The summed E-state index contributed by atoms with van der Waals surface area (Å²) >= 11 is 7.27. The fraction of sp³-hybridized carbons (Fsp3) is 0.385. The largest absolute Gasteiger partial charge is 0.310 e. The third kappa shape index (κ3) is 5.59. The fourth-order valence-corrected chi connectivity index (χ4v) is 2.24. The van der Waals surface area contributed by atoms with E-state index in [1.54, 1.807) is 17.3 Å². The highest BCUT2D eigenvalue weighted by atomic mass is 35.5. The van der Waals surface area contributed by atoms with Crippen molar-refractivity contribution in [3.05, 3.63) is 41.4 Å². The Labute approximate surface area is 107 Å². The van der Waals surface area contributed by atoms with Crippen LogP contribution in [0.1, 0.15) is 19.4 Å². The molecule has 0 radical (unpaired) electrons. The molecule has 1 N–H and O–H groups in total. The minimum absolute atomic E-state index is 0.524. The van der Waals surface area contributed by atoms with E-state index in [1.807, 2.05) is 6.08 Å². The first-order chi connectivity index (χ1) is 7.72. The molecular formula is C13H18ClNS. The van der Waals surface area contributed by atoms with Gasteiger partial charge in [-0.05, 0) is 17.7 Å². The number of halogens is 1. The van der Waals surface area contributed by atoms with Crippen molar-refractivity contribution in [1.82, 2.24) is 5.32 Å². The average molecular weight is 256 g/mol. The van der Waals surface area contributed by atoms with Crippen molar-refractivity contribution in [2.45, 2.75) is 31.3 Å². The van der Waals surface area contributed by atoms with E-state index in [2.05, 4.69) is 43.4 Å². The second-order valence-corrected chi connectivity index (χ2v) is 5.20. The molecule has 1 aromatic carbocycles. The van der Waals surface area contributed by atoms with Crippen molar-refractivity contribution in [1.29, 1.82) is 0 Å². The van der Waals surface area contributed by atoms with E-state index in [4.69, 9.17) is 11.6 Å². The summed E-state index contributed by atoms with van der Waals surface area (Å²) < 4.78 is 0. The molecule has 0 spiro atoms. The van der Waals surface area contributed by atoms with Gasteiger partial charge in [0.1, 0.15) is 0 Å². The van der Waals surface area contributed by atoms with Gasteiger partial charge in [0.05, 0.1) is 0 Å². The second-order valence-electron chi connectivity index (χ2n) is 3.86. The molecule has 16 heavy (non-hydrogen) atoms. The van der Waals surface area contributed by atoms with Gasteiger partial charge in [-0.1, -0.05) is 43.7 Å². The smallest absolute Gasteiger partial charge is 0.0208 e. The predicted octanol–water partition coefficient (Wildman–Crippen LogP) is 4.03. The molecule has 0 atom stereocenters. The number of benzene rings is 1. The van der Waals surface area contributed by atoms with E-state index in [0.29, 0.717) is 6.04 Å². The van der Waals surface area contributed by atoms with Gasteiger partial charge in [0.15, 0.2) is 0 Å². The molecule has 0 fully saturated rings. The van der Waals surface area contributed by atoms with Crippen LogP contribution in [0.4, 0.5) is 0 Å². The third-order valence-electron chi connectivity index (χ3n) is 2.05. The van der Waals surface area contributed by atoms with Gasteiger partial charge in [-0.25, -0.2) is 0 Å². The Morgan fingerprint density at radius 3 is 2.94 bits per heavy atom. The molecule has 0 heterocycles.